The van der Waals surface area contributed by atoms with Crippen molar-refractivity contribution in [1.82, 2.24) is 14.8 Å². The molecule has 9 heteroatoms. The molecule has 0 atom stereocenters. The Bertz CT molecular complexity index is 1410. The second-order valence-electron chi connectivity index (χ2n) is 7.06. The number of nitrogens with one attached hydrogen (secondary N) is 1. The van der Waals surface area contributed by atoms with Crippen molar-refractivity contribution < 1.29 is 13.5 Å². The molecule has 154 valence electrons. The van der Waals surface area contributed by atoms with Crippen LogP contribution in [0.1, 0.15) is 6.42 Å². The summed E-state index contributed by atoms with van der Waals surface area (Å²) in [4.78, 5) is 17.7. The Morgan fingerprint density at radius 2 is 1.87 bits per heavy atom. The lowest BCUT2D eigenvalue weighted by molar-refractivity contribution is 0.277. The monoisotopic (exact) mass is 424 g/mol. The van der Waals surface area contributed by atoms with Crippen LogP contribution in [0.25, 0.3) is 32.8 Å². The van der Waals surface area contributed by atoms with Crippen LogP contribution in [0.5, 0.6) is 0 Å². The highest BCUT2D eigenvalue weighted by molar-refractivity contribution is 7.92. The molecule has 30 heavy (non-hydrogen) atoms. The standard InChI is InChI=1S/C21H20N4O4S/c1-30(28,29)24-17-5-3-14-4-6-20-19(21(27)18(14)10-17)9-15(11-22-20)16-12-23-25(13-16)7-2-8-26/h3-6,9-13,24,26H,2,7-8H2,1H3. The van der Waals surface area contributed by atoms with Gasteiger partial charge in [-0.05, 0) is 36.1 Å². The zero-order chi connectivity index (χ0) is 21.3. The highest BCUT2D eigenvalue weighted by atomic mass is 32.2. The third-order valence-electron chi connectivity index (χ3n) is 4.70. The molecule has 0 amide bonds. The summed E-state index contributed by atoms with van der Waals surface area (Å²) in [6.45, 7) is 0.687. The van der Waals surface area contributed by atoms with Crippen molar-refractivity contribution in [2.75, 3.05) is 17.6 Å². The van der Waals surface area contributed by atoms with Gasteiger partial charge >= 0.3 is 0 Å². The molecular weight excluding hydrogens is 404 g/mol. The maximum absolute atomic E-state index is 13.3. The Morgan fingerprint density at radius 1 is 1.07 bits per heavy atom. The Balaban J connectivity index is 1.85. The molecule has 0 aliphatic heterocycles. The van der Waals surface area contributed by atoms with Gasteiger partial charge in [-0.15, -0.1) is 0 Å². The van der Waals surface area contributed by atoms with Crippen LogP contribution in [0.15, 0.2) is 59.8 Å². The molecule has 0 aliphatic carbocycles. The van der Waals surface area contributed by atoms with Gasteiger partial charge in [0.05, 0.1) is 18.0 Å². The number of aryl methyl sites for hydroxylation is 1. The molecule has 2 N–H and O–H groups in total. The number of anilines is 1. The molecule has 0 fully saturated rings. The van der Waals surface area contributed by atoms with Crippen molar-refractivity contribution in [2.45, 2.75) is 13.0 Å². The Kier molecular flexibility index (Phi) is 5.23. The maximum Gasteiger partial charge on any atom is 0.229 e. The van der Waals surface area contributed by atoms with E-state index in [1.807, 2.05) is 6.20 Å². The van der Waals surface area contributed by atoms with Crippen LogP contribution < -0.4 is 10.2 Å². The SMILES string of the molecule is CS(=O)(=O)Nc1ccc2ccc3ncc(-c4cnn(CCCO)c4)cc3c(=O)c2c1. The molecule has 0 bridgehead atoms. The first kappa shape index (κ1) is 20.0. The molecular formula is C21H20N4O4S. The number of hydrogen-bond acceptors (Lipinski definition) is 6. The summed E-state index contributed by atoms with van der Waals surface area (Å²) in [5, 5.41) is 14.8. The van der Waals surface area contributed by atoms with Gasteiger partial charge in [0.25, 0.3) is 0 Å². The minimum absolute atomic E-state index is 0.0893. The molecule has 0 aliphatic rings. The van der Waals surface area contributed by atoms with E-state index in [0.717, 1.165) is 17.4 Å². The average molecular weight is 424 g/mol. The predicted octanol–water partition coefficient (Wildman–Crippen LogP) is 2.37. The second kappa shape index (κ2) is 7.85. The number of benzene rings is 1. The van der Waals surface area contributed by atoms with E-state index < -0.39 is 10.0 Å². The lowest BCUT2D eigenvalue weighted by Crippen LogP contribution is -2.10. The first-order valence-corrected chi connectivity index (χ1v) is 11.2. The Labute approximate surface area is 172 Å². The van der Waals surface area contributed by atoms with Gasteiger partial charge in [0.1, 0.15) is 0 Å². The Hall–Kier alpha value is -3.30. The number of aromatic nitrogens is 3. The quantitative estimate of drug-likeness (QED) is 0.491. The van der Waals surface area contributed by atoms with Crippen molar-refractivity contribution in [3.05, 3.63) is 65.2 Å². The third-order valence-corrected chi connectivity index (χ3v) is 5.30. The molecule has 0 radical (unpaired) electrons. The van der Waals surface area contributed by atoms with Crippen LogP contribution in [0.3, 0.4) is 0 Å². The van der Waals surface area contributed by atoms with Gasteiger partial charge in [0, 0.05) is 53.1 Å². The predicted molar refractivity (Wildman–Crippen MR) is 117 cm³/mol. The van der Waals surface area contributed by atoms with Crippen LogP contribution in [-0.2, 0) is 16.6 Å². The van der Waals surface area contributed by atoms with E-state index in [-0.39, 0.29) is 12.0 Å². The topological polar surface area (TPSA) is 114 Å². The smallest absolute Gasteiger partial charge is 0.229 e. The summed E-state index contributed by atoms with van der Waals surface area (Å²) in [6, 6.07) is 10.2. The molecule has 2 aromatic heterocycles. The second-order valence-corrected chi connectivity index (χ2v) is 8.81. The van der Waals surface area contributed by atoms with Crippen molar-refractivity contribution in [3.8, 4) is 11.1 Å². The lowest BCUT2D eigenvalue weighted by atomic mass is 10.1. The minimum Gasteiger partial charge on any atom is -0.396 e. The number of aliphatic hydroxyl groups excluding tert-OH is 1. The van der Waals surface area contributed by atoms with Crippen LogP contribution in [-0.4, -0.2) is 41.2 Å². The van der Waals surface area contributed by atoms with Gasteiger partial charge in [-0.1, -0.05) is 12.1 Å². The first-order valence-electron chi connectivity index (χ1n) is 9.32. The fraction of sp³-hybridized carbons (Fsp3) is 0.190. The molecule has 4 rings (SSSR count). The average Bonchev–Trinajstić information content (AvgIpc) is 3.13. The summed E-state index contributed by atoms with van der Waals surface area (Å²) < 4.78 is 27.2. The number of fused-ring (bicyclic) bond motifs is 2. The fourth-order valence-electron chi connectivity index (χ4n) is 3.31. The zero-order valence-electron chi connectivity index (χ0n) is 16.2. The summed E-state index contributed by atoms with van der Waals surface area (Å²) in [5.74, 6) is 0. The zero-order valence-corrected chi connectivity index (χ0v) is 17.1. The molecule has 8 nitrogen and oxygen atoms in total. The molecule has 0 spiro atoms. The van der Waals surface area contributed by atoms with E-state index in [1.54, 1.807) is 47.4 Å². The van der Waals surface area contributed by atoms with Crippen molar-refractivity contribution >= 4 is 37.4 Å². The van der Waals surface area contributed by atoms with Gasteiger partial charge in [0.15, 0.2) is 5.43 Å². The van der Waals surface area contributed by atoms with Gasteiger partial charge in [-0.25, -0.2) is 8.42 Å². The summed E-state index contributed by atoms with van der Waals surface area (Å²) in [6.07, 6.45) is 6.90. The van der Waals surface area contributed by atoms with E-state index in [1.165, 1.54) is 6.07 Å². The van der Waals surface area contributed by atoms with Crippen molar-refractivity contribution in [1.29, 1.82) is 0 Å². The molecule has 0 saturated carbocycles. The van der Waals surface area contributed by atoms with Crippen LogP contribution in [0.4, 0.5) is 5.69 Å². The van der Waals surface area contributed by atoms with Gasteiger partial charge in [-0.3, -0.25) is 19.2 Å². The highest BCUT2D eigenvalue weighted by Gasteiger charge is 2.09. The van der Waals surface area contributed by atoms with Crippen LogP contribution >= 0.6 is 0 Å². The number of pyridine rings is 1. The number of nitrogens with zero attached hydrogens (tertiary/aromatic N) is 3. The molecule has 0 saturated heterocycles. The van der Waals surface area contributed by atoms with E-state index >= 15 is 0 Å². The van der Waals surface area contributed by atoms with Crippen molar-refractivity contribution in [2.24, 2.45) is 0 Å². The Morgan fingerprint density at radius 3 is 2.63 bits per heavy atom. The fourth-order valence-corrected chi connectivity index (χ4v) is 3.86. The van der Waals surface area contributed by atoms with Gasteiger partial charge in [-0.2, -0.15) is 5.10 Å². The molecule has 0 unspecified atom stereocenters. The van der Waals surface area contributed by atoms with E-state index in [2.05, 4.69) is 14.8 Å². The van der Waals surface area contributed by atoms with Gasteiger partial charge in [0.2, 0.25) is 10.0 Å². The number of rotatable bonds is 6. The number of sulfonamides is 1. The van der Waals surface area contributed by atoms with Gasteiger partial charge < -0.3 is 5.11 Å². The highest BCUT2D eigenvalue weighted by Crippen LogP contribution is 2.23. The maximum atomic E-state index is 13.3. The van der Waals surface area contributed by atoms with Crippen LogP contribution in [0.2, 0.25) is 0 Å². The van der Waals surface area contributed by atoms with E-state index in [9.17, 15) is 13.2 Å². The molecule has 4 aromatic rings. The summed E-state index contributed by atoms with van der Waals surface area (Å²) in [7, 11) is -3.45. The summed E-state index contributed by atoms with van der Waals surface area (Å²) in [5.41, 5.74) is 2.21. The molecule has 2 heterocycles. The third kappa shape index (κ3) is 4.17. The minimum atomic E-state index is -3.45. The molecule has 2 aromatic carbocycles. The van der Waals surface area contributed by atoms with E-state index in [0.29, 0.717) is 40.3 Å². The largest absolute Gasteiger partial charge is 0.396 e. The van der Waals surface area contributed by atoms with Crippen molar-refractivity contribution in [3.63, 3.8) is 0 Å². The number of aliphatic hydroxyl groups is 1. The first-order chi connectivity index (χ1) is 14.3. The van der Waals surface area contributed by atoms with Crippen LogP contribution in [0, 0.1) is 0 Å². The summed E-state index contributed by atoms with van der Waals surface area (Å²) >= 11 is 0. The normalized spacial score (nSPS) is 11.8. The van der Waals surface area contributed by atoms with E-state index in [4.69, 9.17) is 5.11 Å². The number of hydrogen-bond donors (Lipinski definition) is 2. The lowest BCUT2D eigenvalue weighted by Gasteiger charge is -2.03.